The van der Waals surface area contributed by atoms with Gasteiger partial charge in [0.05, 0.1) is 32.1 Å². The standard InChI is InChI=1S/C18H24N4O3/c1-21(2)11-14-12-25-8-7-22(14)18(23)17-10-16(19-20-17)13-5-4-6-15(9-13)24-3/h4-6,9-10,14H,7-8,11-12H2,1-3H3,(H,19,20). The summed E-state index contributed by atoms with van der Waals surface area (Å²) in [5.41, 5.74) is 2.12. The Morgan fingerprint density at radius 1 is 1.44 bits per heavy atom. The molecule has 1 aromatic heterocycles. The Balaban J connectivity index is 1.79. The SMILES string of the molecule is COc1cccc(-c2cc(C(=O)N3CCOCC3CN(C)C)[nH]n2)c1. The van der Waals surface area contributed by atoms with Crippen LogP contribution in [0.1, 0.15) is 10.5 Å². The number of carbonyl (C=O) groups is 1. The number of hydrogen-bond acceptors (Lipinski definition) is 5. The number of aromatic amines is 1. The van der Waals surface area contributed by atoms with E-state index < -0.39 is 0 Å². The van der Waals surface area contributed by atoms with Gasteiger partial charge in [-0.25, -0.2) is 0 Å². The minimum absolute atomic E-state index is 0.0415. The van der Waals surface area contributed by atoms with E-state index in [1.165, 1.54) is 0 Å². The minimum atomic E-state index is -0.0446. The summed E-state index contributed by atoms with van der Waals surface area (Å²) < 4.78 is 10.8. The van der Waals surface area contributed by atoms with Crippen LogP contribution in [0.3, 0.4) is 0 Å². The molecule has 0 radical (unpaired) electrons. The number of ether oxygens (including phenoxy) is 2. The molecule has 1 aliphatic rings. The van der Waals surface area contributed by atoms with Crippen molar-refractivity contribution in [3.63, 3.8) is 0 Å². The predicted octanol–water partition coefficient (Wildman–Crippen LogP) is 1.49. The van der Waals surface area contributed by atoms with Crippen molar-refractivity contribution >= 4 is 5.91 Å². The van der Waals surface area contributed by atoms with Crippen molar-refractivity contribution in [2.24, 2.45) is 0 Å². The summed E-state index contributed by atoms with van der Waals surface area (Å²) in [4.78, 5) is 16.8. The largest absolute Gasteiger partial charge is 0.497 e. The lowest BCUT2D eigenvalue weighted by molar-refractivity contribution is -0.00859. The van der Waals surface area contributed by atoms with Crippen LogP contribution in [0.5, 0.6) is 5.75 Å². The Morgan fingerprint density at radius 2 is 2.28 bits per heavy atom. The van der Waals surface area contributed by atoms with Crippen LogP contribution in [-0.2, 0) is 4.74 Å². The van der Waals surface area contributed by atoms with E-state index in [0.717, 1.165) is 23.6 Å². The molecule has 3 rings (SSSR count). The van der Waals surface area contributed by atoms with Crippen molar-refractivity contribution < 1.29 is 14.3 Å². The Bertz CT molecular complexity index is 729. The second-order valence-electron chi connectivity index (χ2n) is 6.39. The Hall–Kier alpha value is -2.38. The summed E-state index contributed by atoms with van der Waals surface area (Å²) in [5, 5.41) is 7.17. The lowest BCUT2D eigenvalue weighted by Gasteiger charge is -2.36. The number of carbonyl (C=O) groups excluding carboxylic acids is 1. The fourth-order valence-corrected chi connectivity index (χ4v) is 3.01. The first kappa shape index (κ1) is 17.4. The molecule has 7 heteroatoms. The fraction of sp³-hybridized carbons (Fsp3) is 0.444. The quantitative estimate of drug-likeness (QED) is 0.890. The maximum absolute atomic E-state index is 12.9. The molecule has 1 amide bonds. The molecule has 134 valence electrons. The lowest BCUT2D eigenvalue weighted by atomic mass is 10.1. The number of nitrogens with zero attached hydrogens (tertiary/aromatic N) is 3. The van der Waals surface area contributed by atoms with Gasteiger partial charge in [0.25, 0.3) is 5.91 Å². The molecule has 2 aromatic rings. The first-order valence-electron chi connectivity index (χ1n) is 8.31. The first-order valence-corrected chi connectivity index (χ1v) is 8.31. The number of nitrogens with one attached hydrogen (secondary N) is 1. The highest BCUT2D eigenvalue weighted by atomic mass is 16.5. The number of H-pyrrole nitrogens is 1. The molecule has 1 N–H and O–H groups in total. The van der Waals surface area contributed by atoms with Crippen LogP contribution in [0.4, 0.5) is 0 Å². The van der Waals surface area contributed by atoms with Gasteiger partial charge in [0.2, 0.25) is 0 Å². The summed E-state index contributed by atoms with van der Waals surface area (Å²) in [6.07, 6.45) is 0. The lowest BCUT2D eigenvalue weighted by Crippen LogP contribution is -2.52. The zero-order valence-corrected chi connectivity index (χ0v) is 14.9. The van der Waals surface area contributed by atoms with Crippen LogP contribution < -0.4 is 4.74 Å². The van der Waals surface area contributed by atoms with Crippen LogP contribution in [0.25, 0.3) is 11.3 Å². The summed E-state index contributed by atoms with van der Waals surface area (Å²) in [5.74, 6) is 0.712. The molecule has 25 heavy (non-hydrogen) atoms. The highest BCUT2D eigenvalue weighted by molar-refractivity contribution is 5.93. The summed E-state index contributed by atoms with van der Waals surface area (Å²) in [6, 6.07) is 9.45. The van der Waals surface area contributed by atoms with E-state index in [4.69, 9.17) is 9.47 Å². The van der Waals surface area contributed by atoms with Gasteiger partial charge in [-0.3, -0.25) is 9.89 Å². The highest BCUT2D eigenvalue weighted by Gasteiger charge is 2.29. The molecule has 7 nitrogen and oxygen atoms in total. The molecule has 0 bridgehead atoms. The van der Waals surface area contributed by atoms with Crippen molar-refractivity contribution in [1.29, 1.82) is 0 Å². The number of hydrogen-bond donors (Lipinski definition) is 1. The Labute approximate surface area is 147 Å². The maximum Gasteiger partial charge on any atom is 0.272 e. The molecule has 0 aliphatic carbocycles. The van der Waals surface area contributed by atoms with Gasteiger partial charge in [-0.15, -0.1) is 0 Å². The van der Waals surface area contributed by atoms with Gasteiger partial charge >= 0.3 is 0 Å². The van der Waals surface area contributed by atoms with Gasteiger partial charge in [0.15, 0.2) is 0 Å². The normalized spacial score (nSPS) is 17.8. The molecular formula is C18H24N4O3. The monoisotopic (exact) mass is 344 g/mol. The third-order valence-electron chi connectivity index (χ3n) is 4.24. The third kappa shape index (κ3) is 4.00. The van der Waals surface area contributed by atoms with Gasteiger partial charge < -0.3 is 19.3 Å². The van der Waals surface area contributed by atoms with Gasteiger partial charge in [-0.05, 0) is 32.3 Å². The average Bonchev–Trinajstić information content (AvgIpc) is 3.11. The predicted molar refractivity (Wildman–Crippen MR) is 94.8 cm³/mol. The molecular weight excluding hydrogens is 320 g/mol. The number of likely N-dealkylation sites (N-methyl/N-ethyl adjacent to an activating group) is 1. The zero-order valence-electron chi connectivity index (χ0n) is 14.9. The smallest absolute Gasteiger partial charge is 0.272 e. The Kier molecular flexibility index (Phi) is 5.35. The van der Waals surface area contributed by atoms with Gasteiger partial charge in [-0.2, -0.15) is 5.10 Å². The van der Waals surface area contributed by atoms with Gasteiger partial charge in [-0.1, -0.05) is 12.1 Å². The van der Waals surface area contributed by atoms with Crippen LogP contribution in [-0.4, -0.2) is 79.5 Å². The van der Waals surface area contributed by atoms with E-state index in [9.17, 15) is 4.79 Å². The highest BCUT2D eigenvalue weighted by Crippen LogP contribution is 2.23. The van der Waals surface area contributed by atoms with Crippen LogP contribution in [0, 0.1) is 0 Å². The van der Waals surface area contributed by atoms with Crippen LogP contribution >= 0.6 is 0 Å². The first-order chi connectivity index (χ1) is 12.1. The van der Waals surface area contributed by atoms with Crippen LogP contribution in [0.15, 0.2) is 30.3 Å². The molecule has 1 atom stereocenters. The summed E-state index contributed by atoms with van der Waals surface area (Å²) in [6.45, 7) is 2.47. The maximum atomic E-state index is 12.9. The number of amides is 1. The number of benzene rings is 1. The number of morpholine rings is 1. The number of methoxy groups -OCH3 is 1. The van der Waals surface area contributed by atoms with Crippen molar-refractivity contribution in [2.75, 3.05) is 47.5 Å². The van der Waals surface area contributed by atoms with Gasteiger partial charge in [0, 0.05) is 18.7 Å². The van der Waals surface area contributed by atoms with E-state index in [2.05, 4.69) is 15.1 Å². The third-order valence-corrected chi connectivity index (χ3v) is 4.24. The fourth-order valence-electron chi connectivity index (χ4n) is 3.01. The van der Waals surface area contributed by atoms with Crippen LogP contribution in [0.2, 0.25) is 0 Å². The molecule has 1 aliphatic heterocycles. The molecule has 0 saturated carbocycles. The number of aromatic nitrogens is 2. The molecule has 0 spiro atoms. The van der Waals surface area contributed by atoms with E-state index in [0.29, 0.717) is 25.5 Å². The molecule has 1 saturated heterocycles. The molecule has 1 unspecified atom stereocenters. The van der Waals surface area contributed by atoms with E-state index in [1.54, 1.807) is 13.2 Å². The zero-order chi connectivity index (χ0) is 17.8. The average molecular weight is 344 g/mol. The van der Waals surface area contributed by atoms with Crippen molar-refractivity contribution in [2.45, 2.75) is 6.04 Å². The topological polar surface area (TPSA) is 70.7 Å². The van der Waals surface area contributed by atoms with Crippen molar-refractivity contribution in [3.05, 3.63) is 36.0 Å². The second-order valence-corrected chi connectivity index (χ2v) is 6.39. The van der Waals surface area contributed by atoms with E-state index in [-0.39, 0.29) is 11.9 Å². The van der Waals surface area contributed by atoms with E-state index >= 15 is 0 Å². The minimum Gasteiger partial charge on any atom is -0.497 e. The molecule has 2 heterocycles. The molecule has 1 aromatic carbocycles. The summed E-state index contributed by atoms with van der Waals surface area (Å²) >= 11 is 0. The Morgan fingerprint density at radius 3 is 3.04 bits per heavy atom. The van der Waals surface area contributed by atoms with Crippen molar-refractivity contribution in [3.8, 4) is 17.0 Å². The second kappa shape index (κ2) is 7.67. The van der Waals surface area contributed by atoms with Gasteiger partial charge in [0.1, 0.15) is 11.4 Å². The number of rotatable bonds is 5. The molecule has 1 fully saturated rings. The van der Waals surface area contributed by atoms with E-state index in [1.807, 2.05) is 43.3 Å². The summed E-state index contributed by atoms with van der Waals surface area (Å²) in [7, 11) is 5.62. The van der Waals surface area contributed by atoms with Crippen molar-refractivity contribution in [1.82, 2.24) is 20.0 Å².